The van der Waals surface area contributed by atoms with Crippen LogP contribution in [-0.4, -0.2) is 44.2 Å². The molecule has 1 amide bonds. The monoisotopic (exact) mass is 436 g/mol. The van der Waals surface area contributed by atoms with E-state index in [1.807, 2.05) is 41.1 Å². The average Bonchev–Trinajstić information content (AvgIpc) is 3.43. The second-order valence-electron chi connectivity index (χ2n) is 7.88. The van der Waals surface area contributed by atoms with Gasteiger partial charge in [0.25, 0.3) is 0 Å². The van der Waals surface area contributed by atoms with E-state index < -0.39 is 0 Å². The summed E-state index contributed by atoms with van der Waals surface area (Å²) in [6.45, 7) is 2.47. The number of likely N-dealkylation sites (tertiary alicyclic amines) is 1. The molecule has 3 aromatic rings. The van der Waals surface area contributed by atoms with Crippen LogP contribution in [-0.2, 0) is 17.8 Å². The molecule has 0 spiro atoms. The number of carbonyl (C=O) groups is 1. The summed E-state index contributed by atoms with van der Waals surface area (Å²) >= 11 is 1.61. The molecule has 2 heterocycles. The Labute approximate surface area is 187 Å². The molecule has 31 heavy (non-hydrogen) atoms. The van der Waals surface area contributed by atoms with Crippen LogP contribution in [0.5, 0.6) is 11.5 Å². The van der Waals surface area contributed by atoms with Crippen LogP contribution in [0, 0.1) is 0 Å². The maximum Gasteiger partial charge on any atom is 0.224 e. The van der Waals surface area contributed by atoms with Crippen LogP contribution < -0.4 is 14.8 Å². The number of nitrogens with zero attached hydrogens (tertiary/aromatic N) is 1. The molecule has 1 N–H and O–H groups in total. The normalized spacial score (nSPS) is 18.6. The zero-order chi connectivity index (χ0) is 21.6. The molecule has 162 valence electrons. The summed E-state index contributed by atoms with van der Waals surface area (Å²) in [5, 5.41) is 7.33. The van der Waals surface area contributed by atoms with E-state index in [0.717, 1.165) is 42.3 Å². The lowest BCUT2D eigenvalue weighted by molar-refractivity contribution is -0.121. The SMILES string of the molecule is COc1ccc(OC)c([C@@H]2CN(Cc3ccccc3)C[C@H]2NC(=O)Cc2ccsc2)c1. The van der Waals surface area contributed by atoms with Gasteiger partial charge in [-0.1, -0.05) is 30.3 Å². The van der Waals surface area contributed by atoms with E-state index in [9.17, 15) is 4.79 Å². The second-order valence-corrected chi connectivity index (χ2v) is 8.66. The van der Waals surface area contributed by atoms with E-state index in [0.29, 0.717) is 6.42 Å². The van der Waals surface area contributed by atoms with Crippen LogP contribution in [0.15, 0.2) is 65.4 Å². The van der Waals surface area contributed by atoms with Crippen LogP contribution in [0.3, 0.4) is 0 Å². The maximum absolute atomic E-state index is 12.8. The average molecular weight is 437 g/mol. The zero-order valence-corrected chi connectivity index (χ0v) is 18.7. The van der Waals surface area contributed by atoms with E-state index in [2.05, 4.69) is 34.5 Å². The standard InChI is InChI=1S/C25H28N2O3S/c1-29-20-8-9-24(30-2)21(13-20)22-15-27(14-18-6-4-3-5-7-18)16-23(22)26-25(28)12-19-10-11-31-17-19/h3-11,13,17,22-23H,12,14-16H2,1-2H3,(H,26,28)/t22-,23+/m0/s1. The van der Waals surface area contributed by atoms with Gasteiger partial charge in [-0.25, -0.2) is 0 Å². The van der Waals surface area contributed by atoms with Gasteiger partial charge in [-0.2, -0.15) is 11.3 Å². The number of rotatable bonds is 8. The molecule has 1 aliphatic heterocycles. The van der Waals surface area contributed by atoms with Crippen molar-refractivity contribution in [3.8, 4) is 11.5 Å². The predicted octanol–water partition coefficient (Wildman–Crippen LogP) is 4.09. The first-order valence-corrected chi connectivity index (χ1v) is 11.4. The molecular weight excluding hydrogens is 408 g/mol. The lowest BCUT2D eigenvalue weighted by Gasteiger charge is -2.22. The van der Waals surface area contributed by atoms with Crippen molar-refractivity contribution in [3.05, 3.63) is 82.0 Å². The highest BCUT2D eigenvalue weighted by atomic mass is 32.1. The Bertz CT molecular complexity index is 991. The van der Waals surface area contributed by atoms with Gasteiger partial charge >= 0.3 is 0 Å². The zero-order valence-electron chi connectivity index (χ0n) is 17.9. The van der Waals surface area contributed by atoms with Gasteiger partial charge in [-0.3, -0.25) is 9.69 Å². The molecule has 0 saturated carbocycles. The smallest absolute Gasteiger partial charge is 0.224 e. The van der Waals surface area contributed by atoms with Crippen molar-refractivity contribution >= 4 is 17.2 Å². The molecule has 1 saturated heterocycles. The molecule has 0 radical (unpaired) electrons. The maximum atomic E-state index is 12.8. The largest absolute Gasteiger partial charge is 0.497 e. The molecule has 2 aromatic carbocycles. The Morgan fingerprint density at radius 2 is 1.90 bits per heavy atom. The molecule has 0 aliphatic carbocycles. The van der Waals surface area contributed by atoms with Crippen molar-refractivity contribution < 1.29 is 14.3 Å². The fraction of sp³-hybridized carbons (Fsp3) is 0.320. The number of benzene rings is 2. The van der Waals surface area contributed by atoms with Crippen molar-refractivity contribution in [1.29, 1.82) is 0 Å². The summed E-state index contributed by atoms with van der Waals surface area (Å²) in [4.78, 5) is 15.2. The molecule has 4 rings (SSSR count). The predicted molar refractivity (Wildman–Crippen MR) is 124 cm³/mol. The number of amides is 1. The van der Waals surface area contributed by atoms with Crippen LogP contribution >= 0.6 is 11.3 Å². The molecule has 0 bridgehead atoms. The molecule has 2 atom stereocenters. The quantitative estimate of drug-likeness (QED) is 0.578. The first-order valence-electron chi connectivity index (χ1n) is 10.4. The molecule has 6 heteroatoms. The van der Waals surface area contributed by atoms with Gasteiger partial charge in [0.1, 0.15) is 11.5 Å². The first kappa shape index (κ1) is 21.4. The fourth-order valence-corrected chi connectivity index (χ4v) is 4.95. The van der Waals surface area contributed by atoms with E-state index in [1.54, 1.807) is 25.6 Å². The lowest BCUT2D eigenvalue weighted by Crippen LogP contribution is -2.40. The van der Waals surface area contributed by atoms with Crippen molar-refractivity contribution in [2.75, 3.05) is 27.3 Å². The number of hydrogen-bond acceptors (Lipinski definition) is 5. The van der Waals surface area contributed by atoms with E-state index in [4.69, 9.17) is 9.47 Å². The Morgan fingerprint density at radius 3 is 2.61 bits per heavy atom. The molecule has 1 aliphatic rings. The molecule has 1 fully saturated rings. The third-order valence-electron chi connectivity index (χ3n) is 5.77. The van der Waals surface area contributed by atoms with Gasteiger partial charge in [-0.05, 0) is 46.2 Å². The number of carbonyl (C=O) groups excluding carboxylic acids is 1. The Kier molecular flexibility index (Phi) is 6.89. The summed E-state index contributed by atoms with van der Waals surface area (Å²) < 4.78 is 11.1. The van der Waals surface area contributed by atoms with Gasteiger partial charge in [0.05, 0.1) is 20.6 Å². The van der Waals surface area contributed by atoms with Gasteiger partial charge < -0.3 is 14.8 Å². The van der Waals surface area contributed by atoms with Crippen LogP contribution in [0.2, 0.25) is 0 Å². The number of hydrogen-bond donors (Lipinski definition) is 1. The van der Waals surface area contributed by atoms with Crippen LogP contribution in [0.25, 0.3) is 0 Å². The summed E-state index contributed by atoms with van der Waals surface area (Å²) in [5.74, 6) is 1.78. The third kappa shape index (κ3) is 5.27. The van der Waals surface area contributed by atoms with Gasteiger partial charge in [0.15, 0.2) is 0 Å². The summed E-state index contributed by atoms with van der Waals surface area (Å²) in [6, 6.07) is 18.3. The second kappa shape index (κ2) is 9.98. The molecule has 0 unspecified atom stereocenters. The lowest BCUT2D eigenvalue weighted by atomic mass is 9.93. The number of nitrogens with one attached hydrogen (secondary N) is 1. The minimum atomic E-state index is -0.00384. The van der Waals surface area contributed by atoms with Gasteiger partial charge in [-0.15, -0.1) is 0 Å². The topological polar surface area (TPSA) is 50.8 Å². The molecule has 5 nitrogen and oxygen atoms in total. The summed E-state index contributed by atoms with van der Waals surface area (Å²) in [6.07, 6.45) is 0.403. The summed E-state index contributed by atoms with van der Waals surface area (Å²) in [5.41, 5.74) is 3.39. The first-order chi connectivity index (χ1) is 15.2. The number of methoxy groups -OCH3 is 2. The van der Waals surface area contributed by atoms with Crippen molar-refractivity contribution in [2.45, 2.75) is 24.9 Å². The van der Waals surface area contributed by atoms with Crippen molar-refractivity contribution in [2.24, 2.45) is 0 Å². The number of ether oxygens (including phenoxy) is 2. The minimum Gasteiger partial charge on any atom is -0.497 e. The van der Waals surface area contributed by atoms with E-state index in [-0.39, 0.29) is 17.9 Å². The molecular formula is C25H28N2O3S. The highest BCUT2D eigenvalue weighted by molar-refractivity contribution is 7.08. The van der Waals surface area contributed by atoms with Gasteiger partial charge in [0.2, 0.25) is 5.91 Å². The Morgan fingerprint density at radius 1 is 1.06 bits per heavy atom. The number of thiophene rings is 1. The molecule has 1 aromatic heterocycles. The third-order valence-corrected chi connectivity index (χ3v) is 6.50. The Balaban J connectivity index is 1.57. The van der Waals surface area contributed by atoms with Gasteiger partial charge in [0, 0.05) is 37.2 Å². The Hall–Kier alpha value is -2.83. The highest BCUT2D eigenvalue weighted by Crippen LogP contribution is 2.36. The van der Waals surface area contributed by atoms with Crippen molar-refractivity contribution in [1.82, 2.24) is 10.2 Å². The van der Waals surface area contributed by atoms with Crippen LogP contribution in [0.4, 0.5) is 0 Å². The van der Waals surface area contributed by atoms with E-state index >= 15 is 0 Å². The highest BCUT2D eigenvalue weighted by Gasteiger charge is 2.36. The fourth-order valence-electron chi connectivity index (χ4n) is 4.28. The summed E-state index contributed by atoms with van der Waals surface area (Å²) in [7, 11) is 3.36. The van der Waals surface area contributed by atoms with Crippen LogP contribution in [0.1, 0.15) is 22.6 Å². The van der Waals surface area contributed by atoms with Crippen molar-refractivity contribution in [3.63, 3.8) is 0 Å². The van der Waals surface area contributed by atoms with E-state index in [1.165, 1.54) is 5.56 Å². The minimum absolute atomic E-state index is 0.00384.